The maximum Gasteiger partial charge on any atom is 0.225 e. The summed E-state index contributed by atoms with van der Waals surface area (Å²) in [5.74, 6) is 7.66. The van der Waals surface area contributed by atoms with Gasteiger partial charge in [0, 0.05) is 38.2 Å². The van der Waals surface area contributed by atoms with Gasteiger partial charge in [-0.3, -0.25) is 4.79 Å². The fourth-order valence-electron chi connectivity index (χ4n) is 3.72. The minimum Gasteiger partial charge on any atom is -0.497 e. The summed E-state index contributed by atoms with van der Waals surface area (Å²) in [6.45, 7) is 4.20. The molecule has 1 aliphatic rings. The Morgan fingerprint density at radius 1 is 1.00 bits per heavy atom. The quantitative estimate of drug-likeness (QED) is 0.676. The molecule has 0 aromatic heterocycles. The van der Waals surface area contributed by atoms with E-state index in [9.17, 15) is 9.90 Å². The molecule has 0 spiro atoms. The molecule has 2 aromatic rings. The van der Waals surface area contributed by atoms with Crippen LogP contribution in [0.3, 0.4) is 0 Å². The molecule has 3 rings (SSSR count). The molecule has 2 aromatic carbocycles. The SMILES string of the molecule is CCC#CCN1CCc2ccccc2N(CC(O)COc2ccc(OC)cc2)CCC1=O. The van der Waals surface area contributed by atoms with Gasteiger partial charge in [-0.1, -0.05) is 31.0 Å². The van der Waals surface area contributed by atoms with Crippen molar-refractivity contribution in [3.8, 4) is 23.3 Å². The number of hydrogen-bond acceptors (Lipinski definition) is 5. The zero-order valence-electron chi connectivity index (χ0n) is 18.9. The van der Waals surface area contributed by atoms with Gasteiger partial charge in [-0.25, -0.2) is 0 Å². The van der Waals surface area contributed by atoms with Crippen LogP contribution >= 0.6 is 0 Å². The van der Waals surface area contributed by atoms with Crippen molar-refractivity contribution >= 4 is 11.6 Å². The van der Waals surface area contributed by atoms with E-state index in [1.807, 2.05) is 48.2 Å². The number of carbonyl (C=O) groups excluding carboxylic acids is 1. The molecule has 0 radical (unpaired) electrons. The highest BCUT2D eigenvalue weighted by Gasteiger charge is 2.22. The largest absolute Gasteiger partial charge is 0.497 e. The number of amides is 1. The minimum absolute atomic E-state index is 0.0946. The van der Waals surface area contributed by atoms with Gasteiger partial charge in [0.05, 0.1) is 13.7 Å². The van der Waals surface area contributed by atoms with Gasteiger partial charge in [-0.15, -0.1) is 5.92 Å². The third kappa shape index (κ3) is 6.66. The maximum absolute atomic E-state index is 12.8. The van der Waals surface area contributed by atoms with Crippen LogP contribution in [0.2, 0.25) is 0 Å². The van der Waals surface area contributed by atoms with E-state index in [0.29, 0.717) is 38.3 Å². The molecule has 1 heterocycles. The van der Waals surface area contributed by atoms with Crippen molar-refractivity contribution in [3.63, 3.8) is 0 Å². The number of aliphatic hydroxyl groups excluding tert-OH is 1. The summed E-state index contributed by atoms with van der Waals surface area (Å²) in [4.78, 5) is 16.7. The lowest BCUT2D eigenvalue weighted by Crippen LogP contribution is -2.38. The minimum atomic E-state index is -0.701. The third-order valence-corrected chi connectivity index (χ3v) is 5.44. The number of methoxy groups -OCH3 is 1. The van der Waals surface area contributed by atoms with Gasteiger partial charge in [0.15, 0.2) is 0 Å². The van der Waals surface area contributed by atoms with Crippen LogP contribution in [0.5, 0.6) is 11.5 Å². The Morgan fingerprint density at radius 2 is 1.72 bits per heavy atom. The molecule has 0 fully saturated rings. The molecule has 32 heavy (non-hydrogen) atoms. The molecule has 0 bridgehead atoms. The molecule has 0 aliphatic carbocycles. The van der Waals surface area contributed by atoms with Gasteiger partial charge < -0.3 is 24.4 Å². The Kier molecular flexibility index (Phi) is 8.82. The molecule has 1 unspecified atom stereocenters. The van der Waals surface area contributed by atoms with Crippen LogP contribution in [0.25, 0.3) is 0 Å². The summed E-state index contributed by atoms with van der Waals surface area (Å²) >= 11 is 0. The maximum atomic E-state index is 12.8. The number of para-hydroxylation sites is 1. The predicted molar refractivity (Wildman–Crippen MR) is 126 cm³/mol. The second-order valence-corrected chi connectivity index (χ2v) is 7.74. The van der Waals surface area contributed by atoms with Gasteiger partial charge in [-0.05, 0) is 42.3 Å². The molecule has 0 saturated carbocycles. The van der Waals surface area contributed by atoms with Crippen LogP contribution in [-0.4, -0.2) is 61.9 Å². The van der Waals surface area contributed by atoms with Gasteiger partial charge in [0.2, 0.25) is 5.91 Å². The Bertz CT molecular complexity index is 933. The molecule has 1 amide bonds. The van der Waals surface area contributed by atoms with Gasteiger partial charge >= 0.3 is 0 Å². The van der Waals surface area contributed by atoms with Gasteiger partial charge in [0.1, 0.15) is 24.2 Å². The highest BCUT2D eigenvalue weighted by molar-refractivity contribution is 5.77. The van der Waals surface area contributed by atoms with E-state index in [1.54, 1.807) is 7.11 Å². The number of rotatable bonds is 7. The summed E-state index contributed by atoms with van der Waals surface area (Å²) in [5.41, 5.74) is 2.23. The number of β-amino-alcohol motifs (C(OH)–C–C–N with tert-alkyl or cyclic N) is 1. The van der Waals surface area contributed by atoms with Crippen LogP contribution in [0.1, 0.15) is 25.3 Å². The predicted octanol–water partition coefficient (Wildman–Crippen LogP) is 3.13. The first-order valence-electron chi connectivity index (χ1n) is 11.1. The Hall–Kier alpha value is -3.17. The highest BCUT2D eigenvalue weighted by Crippen LogP contribution is 2.24. The van der Waals surface area contributed by atoms with Crippen molar-refractivity contribution in [1.82, 2.24) is 4.90 Å². The number of nitrogens with zero attached hydrogens (tertiary/aromatic N) is 2. The van der Waals surface area contributed by atoms with E-state index in [-0.39, 0.29) is 12.5 Å². The van der Waals surface area contributed by atoms with Crippen molar-refractivity contribution in [1.29, 1.82) is 0 Å². The van der Waals surface area contributed by atoms with Gasteiger partial charge in [0.25, 0.3) is 0 Å². The number of aliphatic hydroxyl groups is 1. The monoisotopic (exact) mass is 436 g/mol. The van der Waals surface area contributed by atoms with E-state index in [2.05, 4.69) is 28.9 Å². The summed E-state index contributed by atoms with van der Waals surface area (Å²) in [7, 11) is 1.62. The molecular weight excluding hydrogens is 404 g/mol. The van der Waals surface area contributed by atoms with Crippen LogP contribution in [0.4, 0.5) is 5.69 Å². The fraction of sp³-hybridized carbons (Fsp3) is 0.423. The van der Waals surface area contributed by atoms with E-state index < -0.39 is 6.10 Å². The van der Waals surface area contributed by atoms with E-state index in [0.717, 1.165) is 24.3 Å². The Labute approximate surface area is 190 Å². The first-order chi connectivity index (χ1) is 15.6. The number of carbonyl (C=O) groups is 1. The lowest BCUT2D eigenvalue weighted by Gasteiger charge is -2.28. The lowest BCUT2D eigenvalue weighted by molar-refractivity contribution is -0.130. The smallest absolute Gasteiger partial charge is 0.225 e. The Balaban J connectivity index is 1.66. The molecule has 1 N–H and O–H groups in total. The average Bonchev–Trinajstić information content (AvgIpc) is 2.88. The Morgan fingerprint density at radius 3 is 2.47 bits per heavy atom. The van der Waals surface area contributed by atoms with Crippen molar-refractivity contribution in [2.75, 3.05) is 44.8 Å². The fourth-order valence-corrected chi connectivity index (χ4v) is 3.72. The first kappa shape index (κ1) is 23.5. The second-order valence-electron chi connectivity index (χ2n) is 7.74. The lowest BCUT2D eigenvalue weighted by atomic mass is 10.1. The number of hydrogen-bond donors (Lipinski definition) is 1. The zero-order chi connectivity index (χ0) is 22.8. The van der Waals surface area contributed by atoms with E-state index >= 15 is 0 Å². The van der Waals surface area contributed by atoms with Crippen molar-refractivity contribution in [3.05, 3.63) is 54.1 Å². The summed E-state index contributed by atoms with van der Waals surface area (Å²) in [6, 6.07) is 15.4. The number of ether oxygens (including phenoxy) is 2. The third-order valence-electron chi connectivity index (χ3n) is 5.44. The normalized spacial score (nSPS) is 14.9. The summed E-state index contributed by atoms with van der Waals surface area (Å²) in [5, 5.41) is 10.7. The van der Waals surface area contributed by atoms with Gasteiger partial charge in [-0.2, -0.15) is 0 Å². The number of benzene rings is 2. The topological polar surface area (TPSA) is 62.2 Å². The molecule has 6 heteroatoms. The van der Waals surface area contributed by atoms with Crippen LogP contribution < -0.4 is 14.4 Å². The second kappa shape index (κ2) is 12.0. The summed E-state index contributed by atoms with van der Waals surface area (Å²) < 4.78 is 10.9. The molecule has 6 nitrogen and oxygen atoms in total. The molecule has 1 aliphatic heterocycles. The molecule has 170 valence electrons. The van der Waals surface area contributed by atoms with Crippen molar-refractivity contribution in [2.45, 2.75) is 32.3 Å². The number of anilines is 1. The summed E-state index contributed by atoms with van der Waals surface area (Å²) in [6.07, 6.45) is 1.22. The number of fused-ring (bicyclic) bond motifs is 1. The van der Waals surface area contributed by atoms with E-state index in [4.69, 9.17) is 9.47 Å². The van der Waals surface area contributed by atoms with Crippen molar-refractivity contribution in [2.24, 2.45) is 0 Å². The van der Waals surface area contributed by atoms with Crippen molar-refractivity contribution < 1.29 is 19.4 Å². The van der Waals surface area contributed by atoms with Crippen LogP contribution in [-0.2, 0) is 11.2 Å². The van der Waals surface area contributed by atoms with Crippen LogP contribution in [0.15, 0.2) is 48.5 Å². The first-order valence-corrected chi connectivity index (χ1v) is 11.1. The van der Waals surface area contributed by atoms with Crippen LogP contribution in [0, 0.1) is 11.8 Å². The van der Waals surface area contributed by atoms with E-state index in [1.165, 1.54) is 5.56 Å². The molecule has 0 saturated heterocycles. The highest BCUT2D eigenvalue weighted by atomic mass is 16.5. The molecule has 1 atom stereocenters. The standard InChI is InChI=1S/C26H32N2O4/c1-3-4-7-16-27-17-14-21-8-5-6-9-25(21)28(18-15-26(27)30)19-22(29)20-32-24-12-10-23(31-2)11-13-24/h5-6,8-13,22,29H,3,14-20H2,1-2H3. The average molecular weight is 437 g/mol. The molecular formula is C26H32N2O4. The zero-order valence-corrected chi connectivity index (χ0v) is 18.9.